The number of halogens is 2. The quantitative estimate of drug-likeness (QED) is 0.471. The van der Waals surface area contributed by atoms with Crippen molar-refractivity contribution in [3.63, 3.8) is 0 Å². The number of carbonyl (C=O) groups excluding carboxylic acids is 1. The molecule has 0 radical (unpaired) electrons. The van der Waals surface area contributed by atoms with Crippen LogP contribution in [0.4, 0.5) is 0 Å². The largest absolute Gasteiger partial charge is 0.425 e. The SMILES string of the molecule is O=C(Oc1ccccc1)[C@@H](Cl)[C@@H](Br)c1ccccc1. The number of benzene rings is 2. The summed E-state index contributed by atoms with van der Waals surface area (Å²) in [5.41, 5.74) is 0.938. The summed E-state index contributed by atoms with van der Waals surface area (Å²) >= 11 is 9.58. The van der Waals surface area contributed by atoms with Gasteiger partial charge in [0.05, 0.1) is 4.83 Å². The summed E-state index contributed by atoms with van der Waals surface area (Å²) in [6.07, 6.45) is 0. The summed E-state index contributed by atoms with van der Waals surface area (Å²) in [6.45, 7) is 0. The minimum absolute atomic E-state index is 0.286. The van der Waals surface area contributed by atoms with Crippen molar-refractivity contribution in [1.82, 2.24) is 0 Å². The van der Waals surface area contributed by atoms with Crippen molar-refractivity contribution in [1.29, 1.82) is 0 Å². The highest BCUT2D eigenvalue weighted by atomic mass is 79.9. The monoisotopic (exact) mass is 338 g/mol. The van der Waals surface area contributed by atoms with E-state index in [4.69, 9.17) is 16.3 Å². The Morgan fingerprint density at radius 3 is 2.11 bits per heavy atom. The van der Waals surface area contributed by atoms with Crippen molar-refractivity contribution in [2.45, 2.75) is 10.2 Å². The van der Waals surface area contributed by atoms with Crippen molar-refractivity contribution < 1.29 is 9.53 Å². The second kappa shape index (κ2) is 6.73. The fourth-order valence-corrected chi connectivity index (χ4v) is 2.30. The van der Waals surface area contributed by atoms with Gasteiger partial charge in [0.15, 0.2) is 0 Å². The number of rotatable bonds is 4. The number of hydrogen-bond donors (Lipinski definition) is 0. The fraction of sp³-hybridized carbons (Fsp3) is 0.133. The number of carbonyl (C=O) groups is 1. The van der Waals surface area contributed by atoms with Crippen LogP contribution in [-0.2, 0) is 4.79 Å². The highest BCUT2D eigenvalue weighted by Gasteiger charge is 2.27. The van der Waals surface area contributed by atoms with Gasteiger partial charge in [0.25, 0.3) is 0 Å². The highest BCUT2D eigenvalue weighted by molar-refractivity contribution is 9.09. The van der Waals surface area contributed by atoms with E-state index >= 15 is 0 Å². The first-order valence-corrected chi connectivity index (χ1v) is 7.13. The van der Waals surface area contributed by atoms with Crippen LogP contribution in [0.5, 0.6) is 5.75 Å². The lowest BCUT2D eigenvalue weighted by molar-refractivity contribution is -0.133. The molecule has 0 unspecified atom stereocenters. The van der Waals surface area contributed by atoms with E-state index in [-0.39, 0.29) is 4.83 Å². The lowest BCUT2D eigenvalue weighted by Gasteiger charge is -2.15. The number of alkyl halides is 2. The molecule has 0 aliphatic carbocycles. The van der Waals surface area contributed by atoms with Gasteiger partial charge < -0.3 is 4.74 Å². The van der Waals surface area contributed by atoms with Gasteiger partial charge in [0.2, 0.25) is 0 Å². The van der Waals surface area contributed by atoms with Crippen LogP contribution in [0.3, 0.4) is 0 Å². The van der Waals surface area contributed by atoms with Crippen molar-refractivity contribution in [2.24, 2.45) is 0 Å². The Labute approximate surface area is 125 Å². The molecule has 0 fully saturated rings. The number of ether oxygens (including phenoxy) is 1. The summed E-state index contributed by atoms with van der Waals surface area (Å²) in [7, 11) is 0. The molecule has 2 nitrogen and oxygen atoms in total. The van der Waals surface area contributed by atoms with E-state index in [1.807, 2.05) is 36.4 Å². The topological polar surface area (TPSA) is 26.3 Å². The van der Waals surface area contributed by atoms with Gasteiger partial charge in [0.1, 0.15) is 11.1 Å². The predicted octanol–water partition coefficient (Wildman–Crippen LogP) is 4.34. The van der Waals surface area contributed by atoms with E-state index in [0.717, 1.165) is 5.56 Å². The third-order valence-electron chi connectivity index (χ3n) is 2.56. The molecule has 2 aromatic carbocycles. The Morgan fingerprint density at radius 1 is 1.00 bits per heavy atom. The van der Waals surface area contributed by atoms with Gasteiger partial charge in [-0.1, -0.05) is 64.5 Å². The van der Waals surface area contributed by atoms with E-state index < -0.39 is 11.3 Å². The molecule has 0 aliphatic heterocycles. The molecule has 0 heterocycles. The molecule has 4 heteroatoms. The number of esters is 1. The molecule has 0 spiro atoms. The Kier molecular flexibility index (Phi) is 5.00. The molecular formula is C15H12BrClO2. The second-order valence-corrected chi connectivity index (χ2v) is 5.41. The van der Waals surface area contributed by atoms with Crippen molar-refractivity contribution in [2.75, 3.05) is 0 Å². The van der Waals surface area contributed by atoms with E-state index in [9.17, 15) is 4.79 Å². The van der Waals surface area contributed by atoms with Crippen LogP contribution in [0.25, 0.3) is 0 Å². The molecule has 0 N–H and O–H groups in total. The van der Waals surface area contributed by atoms with Crippen LogP contribution < -0.4 is 4.74 Å². The molecule has 0 aromatic heterocycles. The summed E-state index contributed by atoms with van der Waals surface area (Å²) in [5, 5.41) is -0.789. The van der Waals surface area contributed by atoms with E-state index in [1.54, 1.807) is 24.3 Å². The lowest BCUT2D eigenvalue weighted by Crippen LogP contribution is -2.24. The minimum atomic E-state index is -0.789. The molecule has 0 bridgehead atoms. The standard InChI is InChI=1S/C15H12BrClO2/c16-13(11-7-3-1-4-8-11)14(17)15(18)19-12-9-5-2-6-10-12/h1-10,13-14H/t13-,14-/m0/s1. The third-order valence-corrected chi connectivity index (χ3v) is 4.35. The fourth-order valence-electron chi connectivity index (χ4n) is 1.59. The third kappa shape index (κ3) is 3.82. The van der Waals surface area contributed by atoms with Crippen molar-refractivity contribution >= 4 is 33.5 Å². The zero-order chi connectivity index (χ0) is 13.7. The first-order valence-electron chi connectivity index (χ1n) is 5.78. The van der Waals surface area contributed by atoms with Crippen LogP contribution in [0.15, 0.2) is 60.7 Å². The average molecular weight is 340 g/mol. The van der Waals surface area contributed by atoms with Crippen LogP contribution in [-0.4, -0.2) is 11.3 Å². The van der Waals surface area contributed by atoms with Gasteiger partial charge in [-0.25, -0.2) is 4.79 Å². The van der Waals surface area contributed by atoms with Gasteiger partial charge in [-0.3, -0.25) is 0 Å². The van der Waals surface area contributed by atoms with Crippen molar-refractivity contribution in [3.8, 4) is 5.75 Å². The Balaban J connectivity index is 2.03. The molecule has 2 aromatic rings. The maximum Gasteiger partial charge on any atom is 0.330 e. The molecule has 98 valence electrons. The maximum atomic E-state index is 11.9. The summed E-state index contributed by atoms with van der Waals surface area (Å²) in [6, 6.07) is 18.4. The molecule has 2 atom stereocenters. The zero-order valence-corrected chi connectivity index (χ0v) is 12.3. The van der Waals surface area contributed by atoms with E-state index in [0.29, 0.717) is 5.75 Å². The van der Waals surface area contributed by atoms with Gasteiger partial charge in [-0.2, -0.15) is 0 Å². The Bertz CT molecular complexity index is 530. The van der Waals surface area contributed by atoms with Crippen LogP contribution in [0.2, 0.25) is 0 Å². The van der Waals surface area contributed by atoms with Gasteiger partial charge in [-0.15, -0.1) is 11.6 Å². The number of para-hydroxylation sites is 1. The highest BCUT2D eigenvalue weighted by Crippen LogP contribution is 2.30. The van der Waals surface area contributed by atoms with Crippen LogP contribution in [0, 0.1) is 0 Å². The molecule has 0 amide bonds. The van der Waals surface area contributed by atoms with Gasteiger partial charge >= 0.3 is 5.97 Å². The predicted molar refractivity (Wildman–Crippen MR) is 79.8 cm³/mol. The summed E-state index contributed by atoms with van der Waals surface area (Å²) < 4.78 is 5.22. The molecule has 2 rings (SSSR count). The molecule has 19 heavy (non-hydrogen) atoms. The molecule has 0 saturated carbocycles. The lowest BCUT2D eigenvalue weighted by atomic mass is 10.1. The molecular weight excluding hydrogens is 328 g/mol. The minimum Gasteiger partial charge on any atom is -0.425 e. The van der Waals surface area contributed by atoms with Gasteiger partial charge in [-0.05, 0) is 17.7 Å². The first kappa shape index (κ1) is 14.1. The zero-order valence-electron chi connectivity index (χ0n) is 10.0. The van der Waals surface area contributed by atoms with Gasteiger partial charge in [0, 0.05) is 0 Å². The summed E-state index contributed by atoms with van der Waals surface area (Å²) in [5.74, 6) is 0.0181. The van der Waals surface area contributed by atoms with E-state index in [1.165, 1.54) is 0 Å². The summed E-state index contributed by atoms with van der Waals surface area (Å²) in [4.78, 5) is 11.7. The van der Waals surface area contributed by atoms with E-state index in [2.05, 4.69) is 15.9 Å². The smallest absolute Gasteiger partial charge is 0.330 e. The maximum absolute atomic E-state index is 11.9. The molecule has 0 aliphatic rings. The Morgan fingerprint density at radius 2 is 1.53 bits per heavy atom. The Hall–Kier alpha value is -1.32. The second-order valence-electron chi connectivity index (χ2n) is 3.95. The van der Waals surface area contributed by atoms with Crippen molar-refractivity contribution in [3.05, 3.63) is 66.2 Å². The van der Waals surface area contributed by atoms with Crippen LogP contribution in [0.1, 0.15) is 10.4 Å². The molecule has 0 saturated heterocycles. The first-order chi connectivity index (χ1) is 9.18. The average Bonchev–Trinajstić information content (AvgIpc) is 2.47. The van der Waals surface area contributed by atoms with Crippen LogP contribution >= 0.6 is 27.5 Å². The normalized spacial score (nSPS) is 13.6. The number of hydrogen-bond acceptors (Lipinski definition) is 2.